The maximum atomic E-state index is 12.4. The first-order chi connectivity index (χ1) is 9.26. The maximum absolute atomic E-state index is 12.4. The second-order valence-corrected chi connectivity index (χ2v) is 7.62. The lowest BCUT2D eigenvalue weighted by Gasteiger charge is -2.17. The maximum Gasteiger partial charge on any atom is 0.241 e. The standard InChI is InChI=1S/C13H22BrN3O2S/c1-10(6-7-17(2)3)16-20(18,19)13-8-11(9-15)4-5-12(13)14/h4-5,8,10,16H,6-7,9,15H2,1-3H3. The molecule has 0 fully saturated rings. The number of nitrogens with two attached hydrogens (primary N) is 1. The van der Waals surface area contributed by atoms with Gasteiger partial charge in [-0.3, -0.25) is 0 Å². The van der Waals surface area contributed by atoms with Crippen molar-refractivity contribution in [3.63, 3.8) is 0 Å². The van der Waals surface area contributed by atoms with E-state index in [-0.39, 0.29) is 10.9 Å². The summed E-state index contributed by atoms with van der Waals surface area (Å²) in [6.45, 7) is 3.00. The summed E-state index contributed by atoms with van der Waals surface area (Å²) in [5, 5.41) is 0. The van der Waals surface area contributed by atoms with Crippen LogP contribution in [0.25, 0.3) is 0 Å². The second-order valence-electron chi connectivity index (χ2n) is 5.08. The van der Waals surface area contributed by atoms with Crippen molar-refractivity contribution in [3.05, 3.63) is 28.2 Å². The molecule has 0 aliphatic carbocycles. The molecule has 0 amide bonds. The molecule has 20 heavy (non-hydrogen) atoms. The number of hydrogen-bond donors (Lipinski definition) is 2. The van der Waals surface area contributed by atoms with Crippen molar-refractivity contribution in [2.24, 2.45) is 5.73 Å². The Morgan fingerprint density at radius 1 is 1.40 bits per heavy atom. The smallest absolute Gasteiger partial charge is 0.241 e. The van der Waals surface area contributed by atoms with E-state index in [0.29, 0.717) is 11.0 Å². The molecule has 1 atom stereocenters. The lowest BCUT2D eigenvalue weighted by atomic mass is 10.2. The number of halogens is 1. The van der Waals surface area contributed by atoms with Crippen LogP contribution in [0.2, 0.25) is 0 Å². The Labute approximate surface area is 129 Å². The van der Waals surface area contributed by atoms with E-state index in [1.165, 1.54) is 0 Å². The number of nitrogens with zero attached hydrogens (tertiary/aromatic N) is 1. The monoisotopic (exact) mass is 363 g/mol. The minimum Gasteiger partial charge on any atom is -0.326 e. The molecule has 0 heterocycles. The van der Waals surface area contributed by atoms with Crippen LogP contribution in [0.15, 0.2) is 27.6 Å². The zero-order valence-corrected chi connectivity index (χ0v) is 14.5. The van der Waals surface area contributed by atoms with E-state index < -0.39 is 10.0 Å². The van der Waals surface area contributed by atoms with Crippen molar-refractivity contribution in [2.45, 2.75) is 30.8 Å². The summed E-state index contributed by atoms with van der Waals surface area (Å²) in [5.74, 6) is 0. The van der Waals surface area contributed by atoms with Gasteiger partial charge in [-0.25, -0.2) is 13.1 Å². The number of benzene rings is 1. The first-order valence-electron chi connectivity index (χ1n) is 6.42. The molecule has 5 nitrogen and oxygen atoms in total. The summed E-state index contributed by atoms with van der Waals surface area (Å²) in [6, 6.07) is 4.99. The molecule has 0 spiro atoms. The zero-order chi connectivity index (χ0) is 15.3. The van der Waals surface area contributed by atoms with Gasteiger partial charge in [0, 0.05) is 17.1 Å². The van der Waals surface area contributed by atoms with Crippen LogP contribution in [-0.2, 0) is 16.6 Å². The Hall–Kier alpha value is -0.470. The predicted molar refractivity (Wildman–Crippen MR) is 85.0 cm³/mol. The molecule has 7 heteroatoms. The van der Waals surface area contributed by atoms with Crippen molar-refractivity contribution in [3.8, 4) is 0 Å². The zero-order valence-electron chi connectivity index (χ0n) is 12.1. The average molecular weight is 364 g/mol. The summed E-state index contributed by atoms with van der Waals surface area (Å²) >= 11 is 3.28. The Morgan fingerprint density at radius 2 is 2.05 bits per heavy atom. The summed E-state index contributed by atoms with van der Waals surface area (Å²) < 4.78 is 28.0. The van der Waals surface area contributed by atoms with E-state index in [1.807, 2.05) is 25.9 Å². The fourth-order valence-corrected chi connectivity index (χ4v) is 4.01. The predicted octanol–water partition coefficient (Wildman–Crippen LogP) is 1.53. The van der Waals surface area contributed by atoms with Crippen LogP contribution >= 0.6 is 15.9 Å². The third kappa shape index (κ3) is 5.14. The highest BCUT2D eigenvalue weighted by Gasteiger charge is 2.20. The molecule has 0 radical (unpaired) electrons. The van der Waals surface area contributed by atoms with Crippen molar-refractivity contribution >= 4 is 26.0 Å². The van der Waals surface area contributed by atoms with Crippen LogP contribution in [-0.4, -0.2) is 40.0 Å². The fourth-order valence-electron chi connectivity index (χ4n) is 1.72. The van der Waals surface area contributed by atoms with Gasteiger partial charge >= 0.3 is 0 Å². The van der Waals surface area contributed by atoms with Gasteiger partial charge in [-0.05, 0) is 67.6 Å². The summed E-state index contributed by atoms with van der Waals surface area (Å²) in [7, 11) is 0.380. The van der Waals surface area contributed by atoms with Gasteiger partial charge in [0.15, 0.2) is 0 Å². The van der Waals surface area contributed by atoms with E-state index in [0.717, 1.165) is 18.5 Å². The molecular weight excluding hydrogens is 342 g/mol. The molecule has 0 aromatic heterocycles. The van der Waals surface area contributed by atoms with Gasteiger partial charge in [0.25, 0.3) is 0 Å². The van der Waals surface area contributed by atoms with E-state index in [1.54, 1.807) is 18.2 Å². The van der Waals surface area contributed by atoms with Crippen LogP contribution in [0.5, 0.6) is 0 Å². The van der Waals surface area contributed by atoms with Crippen LogP contribution in [0, 0.1) is 0 Å². The molecule has 1 aromatic rings. The van der Waals surface area contributed by atoms with Crippen LogP contribution < -0.4 is 10.5 Å². The first kappa shape index (κ1) is 17.6. The number of nitrogens with one attached hydrogen (secondary N) is 1. The van der Waals surface area contributed by atoms with E-state index in [4.69, 9.17) is 5.73 Å². The highest BCUT2D eigenvalue weighted by atomic mass is 79.9. The molecule has 1 unspecified atom stereocenters. The molecular formula is C13H22BrN3O2S. The van der Waals surface area contributed by atoms with E-state index in [9.17, 15) is 8.42 Å². The first-order valence-corrected chi connectivity index (χ1v) is 8.69. The van der Waals surface area contributed by atoms with E-state index in [2.05, 4.69) is 20.7 Å². The number of sulfonamides is 1. The average Bonchev–Trinajstić information content (AvgIpc) is 2.36. The van der Waals surface area contributed by atoms with Gasteiger partial charge in [-0.2, -0.15) is 0 Å². The molecule has 114 valence electrons. The molecule has 0 saturated carbocycles. The Morgan fingerprint density at radius 3 is 2.60 bits per heavy atom. The lowest BCUT2D eigenvalue weighted by molar-refractivity contribution is 0.379. The largest absolute Gasteiger partial charge is 0.326 e. The van der Waals surface area contributed by atoms with Crippen molar-refractivity contribution < 1.29 is 8.42 Å². The highest BCUT2D eigenvalue weighted by Crippen LogP contribution is 2.23. The van der Waals surface area contributed by atoms with Gasteiger partial charge in [0.05, 0.1) is 4.90 Å². The van der Waals surface area contributed by atoms with Gasteiger partial charge in [-0.15, -0.1) is 0 Å². The SMILES string of the molecule is CC(CCN(C)C)NS(=O)(=O)c1cc(CN)ccc1Br. The fraction of sp³-hybridized carbons (Fsp3) is 0.538. The molecule has 1 rings (SSSR count). The van der Waals surface area contributed by atoms with Crippen molar-refractivity contribution in [1.82, 2.24) is 9.62 Å². The number of rotatable bonds is 7. The van der Waals surface area contributed by atoms with Gasteiger partial charge in [0.1, 0.15) is 0 Å². The summed E-state index contributed by atoms with van der Waals surface area (Å²) in [5.41, 5.74) is 6.34. The van der Waals surface area contributed by atoms with Gasteiger partial charge < -0.3 is 10.6 Å². The van der Waals surface area contributed by atoms with Crippen LogP contribution in [0.3, 0.4) is 0 Å². The summed E-state index contributed by atoms with van der Waals surface area (Å²) in [4.78, 5) is 2.26. The number of hydrogen-bond acceptors (Lipinski definition) is 4. The molecule has 0 aliphatic rings. The lowest BCUT2D eigenvalue weighted by Crippen LogP contribution is -2.35. The third-order valence-corrected chi connectivity index (χ3v) is 5.47. The van der Waals surface area contributed by atoms with Crippen LogP contribution in [0.4, 0.5) is 0 Å². The minimum atomic E-state index is -3.54. The highest BCUT2D eigenvalue weighted by molar-refractivity contribution is 9.10. The molecule has 0 aliphatic heterocycles. The van der Waals surface area contributed by atoms with Gasteiger partial charge in [-0.1, -0.05) is 6.07 Å². The van der Waals surface area contributed by atoms with Crippen LogP contribution in [0.1, 0.15) is 18.9 Å². The quantitative estimate of drug-likeness (QED) is 0.769. The molecule has 0 saturated heterocycles. The Bertz CT molecular complexity index is 547. The normalized spacial score (nSPS) is 13.7. The molecule has 3 N–H and O–H groups in total. The van der Waals surface area contributed by atoms with Crippen molar-refractivity contribution in [1.29, 1.82) is 0 Å². The molecule has 1 aromatic carbocycles. The topological polar surface area (TPSA) is 75.4 Å². The van der Waals surface area contributed by atoms with Gasteiger partial charge in [0.2, 0.25) is 10.0 Å². The Balaban J connectivity index is 2.88. The summed E-state index contributed by atoms with van der Waals surface area (Å²) in [6.07, 6.45) is 0.750. The van der Waals surface area contributed by atoms with Crippen molar-refractivity contribution in [2.75, 3.05) is 20.6 Å². The van der Waals surface area contributed by atoms with E-state index >= 15 is 0 Å². The third-order valence-electron chi connectivity index (χ3n) is 2.89. The minimum absolute atomic E-state index is 0.129. The Kier molecular flexibility index (Phi) is 6.60. The molecule has 0 bridgehead atoms. The second kappa shape index (κ2) is 7.51.